The molecule has 2 atom stereocenters. The highest BCUT2D eigenvalue weighted by atomic mass is 19.1. The number of fused-ring (bicyclic) bond motifs is 4. The fourth-order valence-electron chi connectivity index (χ4n) is 4.90. The van der Waals surface area contributed by atoms with Crippen molar-refractivity contribution in [2.75, 3.05) is 36.9 Å². The lowest BCUT2D eigenvalue weighted by Crippen LogP contribution is -2.51. The van der Waals surface area contributed by atoms with Gasteiger partial charge in [-0.25, -0.2) is 4.39 Å². The van der Waals surface area contributed by atoms with Gasteiger partial charge in [0.25, 0.3) is 0 Å². The van der Waals surface area contributed by atoms with Gasteiger partial charge >= 0.3 is 6.01 Å². The van der Waals surface area contributed by atoms with Gasteiger partial charge in [-0.05, 0) is 41.8 Å². The molecular formula is C23H23FN6O. The van der Waals surface area contributed by atoms with E-state index < -0.39 is 0 Å². The third-order valence-electron chi connectivity index (χ3n) is 6.48. The molecule has 6 rings (SSSR count). The Morgan fingerprint density at radius 2 is 2.10 bits per heavy atom. The molecule has 1 aliphatic carbocycles. The third-order valence-corrected chi connectivity index (χ3v) is 6.48. The maximum Gasteiger partial charge on any atom is 0.324 e. The van der Waals surface area contributed by atoms with E-state index in [0.717, 1.165) is 59.1 Å². The predicted octanol–water partition coefficient (Wildman–Crippen LogP) is 3.13. The number of anilines is 2. The monoisotopic (exact) mass is 418 g/mol. The van der Waals surface area contributed by atoms with Gasteiger partial charge < -0.3 is 20.3 Å². The van der Waals surface area contributed by atoms with Crippen LogP contribution < -0.4 is 20.3 Å². The van der Waals surface area contributed by atoms with E-state index in [1.54, 1.807) is 18.5 Å². The van der Waals surface area contributed by atoms with Crippen molar-refractivity contribution in [3.8, 4) is 22.9 Å². The Labute approximate surface area is 179 Å². The molecule has 2 N–H and O–H groups in total. The van der Waals surface area contributed by atoms with E-state index in [1.807, 2.05) is 20.0 Å². The van der Waals surface area contributed by atoms with E-state index in [2.05, 4.69) is 20.5 Å². The van der Waals surface area contributed by atoms with Crippen LogP contribution in [0.1, 0.15) is 16.8 Å². The van der Waals surface area contributed by atoms with Crippen molar-refractivity contribution in [3.05, 3.63) is 53.2 Å². The summed E-state index contributed by atoms with van der Waals surface area (Å²) in [4.78, 5) is 16.0. The summed E-state index contributed by atoms with van der Waals surface area (Å²) in [6.45, 7) is 4.80. The van der Waals surface area contributed by atoms with Crippen molar-refractivity contribution in [1.82, 2.24) is 20.3 Å². The van der Waals surface area contributed by atoms with Crippen LogP contribution in [-0.2, 0) is 6.42 Å². The van der Waals surface area contributed by atoms with Gasteiger partial charge in [0.05, 0.1) is 11.9 Å². The lowest BCUT2D eigenvalue weighted by Gasteiger charge is -2.29. The first-order chi connectivity index (χ1) is 15.1. The zero-order chi connectivity index (χ0) is 21.1. The maximum absolute atomic E-state index is 14.4. The summed E-state index contributed by atoms with van der Waals surface area (Å²) in [7, 11) is 1.81. The fraction of sp³-hybridized carbons (Fsp3) is 0.348. The second kappa shape index (κ2) is 6.88. The summed E-state index contributed by atoms with van der Waals surface area (Å²) in [5.74, 6) is 1.78. The van der Waals surface area contributed by atoms with Gasteiger partial charge in [-0.3, -0.25) is 4.98 Å². The van der Waals surface area contributed by atoms with Gasteiger partial charge in [0.1, 0.15) is 17.4 Å². The van der Waals surface area contributed by atoms with Gasteiger partial charge in [0.2, 0.25) is 0 Å². The number of pyridine rings is 1. The number of halogens is 1. The van der Waals surface area contributed by atoms with E-state index in [1.165, 1.54) is 6.07 Å². The molecule has 2 saturated heterocycles. The van der Waals surface area contributed by atoms with Crippen molar-refractivity contribution in [3.63, 3.8) is 0 Å². The number of nitrogens with one attached hydrogen (secondary N) is 2. The van der Waals surface area contributed by atoms with Crippen molar-refractivity contribution in [2.24, 2.45) is 5.92 Å². The summed E-state index contributed by atoms with van der Waals surface area (Å²) in [6.07, 6.45) is 4.05. The highest BCUT2D eigenvalue weighted by Crippen LogP contribution is 2.46. The lowest BCUT2D eigenvalue weighted by atomic mass is 9.96. The average molecular weight is 418 g/mol. The van der Waals surface area contributed by atoms with Gasteiger partial charge in [-0.2, -0.15) is 9.97 Å². The second-order valence-electron chi connectivity index (χ2n) is 8.54. The highest BCUT2D eigenvalue weighted by Gasteiger charge is 2.41. The number of hydrogen-bond acceptors (Lipinski definition) is 7. The standard InChI is InChI=1S/C23H23FN6O/c1-12-3-15(9-26-7-12)31-23-28-19-6-16-17(4-14(24)5-18(16)25-2)21(19)22(29-23)30-10-13-8-27-20(13)11-30/h3-5,7,9,13,20,25,27H,6,8,10-11H2,1-2H3. The van der Waals surface area contributed by atoms with Gasteiger partial charge in [0.15, 0.2) is 0 Å². The molecule has 2 aromatic heterocycles. The third kappa shape index (κ3) is 3.01. The first-order valence-corrected chi connectivity index (χ1v) is 10.6. The molecule has 3 aromatic rings. The summed E-state index contributed by atoms with van der Waals surface area (Å²) in [5.41, 5.74) is 5.48. The number of aryl methyl sites for hydroxylation is 1. The maximum atomic E-state index is 14.4. The first-order valence-electron chi connectivity index (χ1n) is 10.6. The Bertz CT molecular complexity index is 1190. The van der Waals surface area contributed by atoms with Gasteiger partial charge in [-0.15, -0.1) is 0 Å². The molecule has 4 heterocycles. The Balaban J connectivity index is 1.48. The molecule has 1 aromatic carbocycles. The number of nitrogens with zero attached hydrogens (tertiary/aromatic N) is 4. The largest absolute Gasteiger partial charge is 0.423 e. The quantitative estimate of drug-likeness (QED) is 0.527. The second-order valence-corrected chi connectivity index (χ2v) is 8.54. The van der Waals surface area contributed by atoms with Gasteiger partial charge in [0, 0.05) is 62.5 Å². The summed E-state index contributed by atoms with van der Waals surface area (Å²) >= 11 is 0. The molecule has 7 nitrogen and oxygen atoms in total. The molecular weight excluding hydrogens is 395 g/mol. The van der Waals surface area contributed by atoms with Crippen molar-refractivity contribution in [2.45, 2.75) is 19.4 Å². The number of aromatic nitrogens is 3. The summed E-state index contributed by atoms with van der Waals surface area (Å²) in [6, 6.07) is 5.83. The number of ether oxygens (including phenoxy) is 1. The Morgan fingerprint density at radius 1 is 1.19 bits per heavy atom. The van der Waals surface area contributed by atoms with Crippen LogP contribution in [0.5, 0.6) is 11.8 Å². The molecule has 0 amide bonds. The summed E-state index contributed by atoms with van der Waals surface area (Å²) < 4.78 is 20.4. The molecule has 3 aliphatic rings. The molecule has 2 unspecified atom stereocenters. The molecule has 31 heavy (non-hydrogen) atoms. The van der Waals surface area contributed by atoms with Crippen LogP contribution in [0.4, 0.5) is 15.9 Å². The van der Waals surface area contributed by atoms with Crippen LogP contribution in [-0.4, -0.2) is 47.7 Å². The average Bonchev–Trinajstić information content (AvgIpc) is 3.24. The van der Waals surface area contributed by atoms with Crippen molar-refractivity contribution < 1.29 is 9.13 Å². The summed E-state index contributed by atoms with van der Waals surface area (Å²) in [5, 5.41) is 6.61. The SMILES string of the molecule is CNc1cc(F)cc2c1Cc1nc(Oc3cncc(C)c3)nc(N3CC4CNC4C3)c1-2. The minimum atomic E-state index is -0.267. The fourth-order valence-corrected chi connectivity index (χ4v) is 4.90. The first kappa shape index (κ1) is 18.5. The van der Waals surface area contributed by atoms with E-state index >= 15 is 0 Å². The van der Waals surface area contributed by atoms with Crippen LogP contribution in [0, 0.1) is 18.7 Å². The Kier molecular flexibility index (Phi) is 4.11. The molecule has 0 spiro atoms. The lowest BCUT2D eigenvalue weighted by molar-refractivity contribution is 0.297. The molecule has 8 heteroatoms. The van der Waals surface area contributed by atoms with Crippen LogP contribution in [0.25, 0.3) is 11.1 Å². The molecule has 0 saturated carbocycles. The van der Waals surface area contributed by atoms with E-state index in [-0.39, 0.29) is 5.82 Å². The normalized spacial score (nSPS) is 20.7. The van der Waals surface area contributed by atoms with Crippen LogP contribution in [0.15, 0.2) is 30.6 Å². The number of rotatable bonds is 4. The molecule has 2 aliphatic heterocycles. The molecule has 0 radical (unpaired) electrons. The van der Waals surface area contributed by atoms with E-state index in [4.69, 9.17) is 14.7 Å². The van der Waals surface area contributed by atoms with Crippen molar-refractivity contribution >= 4 is 11.5 Å². The molecule has 158 valence electrons. The topological polar surface area (TPSA) is 75.2 Å². The highest BCUT2D eigenvalue weighted by molar-refractivity contribution is 5.88. The minimum absolute atomic E-state index is 0.267. The van der Waals surface area contributed by atoms with Crippen LogP contribution in [0.3, 0.4) is 0 Å². The Hall–Kier alpha value is -3.26. The predicted molar refractivity (Wildman–Crippen MR) is 116 cm³/mol. The number of benzene rings is 1. The zero-order valence-electron chi connectivity index (χ0n) is 17.4. The molecule has 2 fully saturated rings. The van der Waals surface area contributed by atoms with Crippen LogP contribution >= 0.6 is 0 Å². The van der Waals surface area contributed by atoms with Crippen LogP contribution in [0.2, 0.25) is 0 Å². The number of hydrogen-bond donors (Lipinski definition) is 2. The molecule has 0 bridgehead atoms. The smallest absolute Gasteiger partial charge is 0.324 e. The van der Waals surface area contributed by atoms with E-state index in [0.29, 0.717) is 30.1 Å². The minimum Gasteiger partial charge on any atom is -0.423 e. The van der Waals surface area contributed by atoms with E-state index in [9.17, 15) is 4.39 Å². The van der Waals surface area contributed by atoms with Crippen molar-refractivity contribution in [1.29, 1.82) is 0 Å². The Morgan fingerprint density at radius 3 is 2.81 bits per heavy atom. The zero-order valence-corrected chi connectivity index (χ0v) is 17.4. The van der Waals surface area contributed by atoms with Gasteiger partial charge in [-0.1, -0.05) is 0 Å².